The Morgan fingerprint density at radius 1 is 1.20 bits per heavy atom. The first-order chi connectivity index (χ1) is 14.3. The van der Waals surface area contributed by atoms with Crippen molar-refractivity contribution in [1.29, 1.82) is 0 Å². The third kappa shape index (κ3) is 3.95. The standard InChI is InChI=1S/C21H24FNO6S/c1-13-16-7-4-8-17(22)20(16)29-19(13)21(25)28-11-18(24)23(14-5-2-3-6-14)15-9-10-30(26,27)12-15/h4,7-8,14-15H,2-3,5-6,9-12H2,1H3. The zero-order chi connectivity index (χ0) is 21.5. The van der Waals surface area contributed by atoms with Crippen LogP contribution in [0.5, 0.6) is 0 Å². The molecule has 1 aromatic heterocycles. The van der Waals surface area contributed by atoms with E-state index in [1.807, 2.05) is 0 Å². The zero-order valence-corrected chi connectivity index (χ0v) is 17.5. The van der Waals surface area contributed by atoms with Crippen LogP contribution in [-0.4, -0.2) is 55.4 Å². The van der Waals surface area contributed by atoms with Crippen molar-refractivity contribution in [3.63, 3.8) is 0 Å². The molecule has 2 heterocycles. The molecule has 9 heteroatoms. The summed E-state index contributed by atoms with van der Waals surface area (Å²) in [5.41, 5.74) is 0.411. The first-order valence-corrected chi connectivity index (χ1v) is 12.0. The Morgan fingerprint density at radius 3 is 2.57 bits per heavy atom. The summed E-state index contributed by atoms with van der Waals surface area (Å²) >= 11 is 0. The van der Waals surface area contributed by atoms with Gasteiger partial charge in [0.1, 0.15) is 0 Å². The molecular weight excluding hydrogens is 413 g/mol. The molecule has 0 bridgehead atoms. The maximum Gasteiger partial charge on any atom is 0.375 e. The molecule has 0 radical (unpaired) electrons. The number of rotatable bonds is 5. The minimum absolute atomic E-state index is 0.0305. The number of carbonyl (C=O) groups is 2. The van der Waals surface area contributed by atoms with Crippen LogP contribution < -0.4 is 0 Å². The van der Waals surface area contributed by atoms with Crippen molar-refractivity contribution in [3.8, 4) is 0 Å². The topological polar surface area (TPSA) is 93.9 Å². The van der Waals surface area contributed by atoms with E-state index in [9.17, 15) is 22.4 Å². The van der Waals surface area contributed by atoms with E-state index in [4.69, 9.17) is 9.15 Å². The molecule has 30 heavy (non-hydrogen) atoms. The van der Waals surface area contributed by atoms with Crippen molar-refractivity contribution in [2.45, 2.75) is 51.1 Å². The van der Waals surface area contributed by atoms with Gasteiger partial charge in [-0.2, -0.15) is 0 Å². The average molecular weight is 437 g/mol. The van der Waals surface area contributed by atoms with Crippen LogP contribution in [0.4, 0.5) is 4.39 Å². The number of sulfone groups is 1. The Morgan fingerprint density at radius 2 is 1.93 bits per heavy atom. The van der Waals surface area contributed by atoms with Gasteiger partial charge in [-0.25, -0.2) is 17.6 Å². The molecule has 1 amide bonds. The molecule has 1 aliphatic heterocycles. The normalized spacial score (nSPS) is 21.2. The first-order valence-electron chi connectivity index (χ1n) is 10.1. The summed E-state index contributed by atoms with van der Waals surface area (Å²) in [7, 11) is -3.15. The van der Waals surface area contributed by atoms with Gasteiger partial charge in [0.25, 0.3) is 5.91 Å². The van der Waals surface area contributed by atoms with Gasteiger partial charge in [-0.1, -0.05) is 25.0 Å². The number of hydrogen-bond donors (Lipinski definition) is 0. The molecule has 1 unspecified atom stereocenters. The van der Waals surface area contributed by atoms with Crippen molar-refractivity contribution in [2.24, 2.45) is 0 Å². The number of esters is 1. The van der Waals surface area contributed by atoms with Crippen molar-refractivity contribution in [1.82, 2.24) is 4.90 Å². The van der Waals surface area contributed by atoms with E-state index in [1.54, 1.807) is 17.9 Å². The monoisotopic (exact) mass is 437 g/mol. The van der Waals surface area contributed by atoms with Crippen LogP contribution in [0, 0.1) is 12.7 Å². The first kappa shape index (κ1) is 20.8. The molecule has 2 aliphatic rings. The summed E-state index contributed by atoms with van der Waals surface area (Å²) in [6.45, 7) is 1.11. The third-order valence-electron chi connectivity index (χ3n) is 6.04. The zero-order valence-electron chi connectivity index (χ0n) is 16.7. The smallest absolute Gasteiger partial charge is 0.375 e. The summed E-state index contributed by atoms with van der Waals surface area (Å²) in [6.07, 6.45) is 4.01. The molecule has 2 aromatic rings. The van der Waals surface area contributed by atoms with E-state index in [0.717, 1.165) is 25.7 Å². The predicted molar refractivity (Wildman–Crippen MR) is 107 cm³/mol. The number of ether oxygens (including phenoxy) is 1. The van der Waals surface area contributed by atoms with Gasteiger partial charge in [0.2, 0.25) is 5.76 Å². The van der Waals surface area contributed by atoms with Crippen molar-refractivity contribution in [2.75, 3.05) is 18.1 Å². The van der Waals surface area contributed by atoms with E-state index < -0.39 is 34.1 Å². The van der Waals surface area contributed by atoms with Gasteiger partial charge in [-0.15, -0.1) is 0 Å². The Hall–Kier alpha value is -2.42. The second-order valence-electron chi connectivity index (χ2n) is 8.04. The van der Waals surface area contributed by atoms with E-state index in [2.05, 4.69) is 0 Å². The summed E-state index contributed by atoms with van der Waals surface area (Å²) < 4.78 is 48.3. The Labute approximate surface area is 174 Å². The summed E-state index contributed by atoms with van der Waals surface area (Å²) in [6, 6.07) is 3.98. The highest BCUT2D eigenvalue weighted by molar-refractivity contribution is 7.91. The van der Waals surface area contributed by atoms with Crippen LogP contribution in [0.15, 0.2) is 22.6 Å². The Kier molecular flexibility index (Phi) is 5.57. The average Bonchev–Trinajstić information content (AvgIpc) is 3.41. The van der Waals surface area contributed by atoms with Crippen LogP contribution in [-0.2, 0) is 19.4 Å². The fraction of sp³-hybridized carbons (Fsp3) is 0.524. The molecule has 1 aromatic carbocycles. The molecular formula is C21H24FNO6S. The van der Waals surface area contributed by atoms with Gasteiger partial charge < -0.3 is 14.1 Å². The Balaban J connectivity index is 1.49. The van der Waals surface area contributed by atoms with Crippen molar-refractivity contribution >= 4 is 32.7 Å². The number of amides is 1. The number of carbonyl (C=O) groups excluding carboxylic acids is 2. The highest BCUT2D eigenvalue weighted by Gasteiger charge is 2.39. The van der Waals surface area contributed by atoms with Gasteiger partial charge in [0.15, 0.2) is 27.8 Å². The molecule has 0 N–H and O–H groups in total. The minimum atomic E-state index is -3.15. The number of benzene rings is 1. The van der Waals surface area contributed by atoms with Gasteiger partial charge in [-0.3, -0.25) is 4.79 Å². The van der Waals surface area contributed by atoms with E-state index in [1.165, 1.54) is 12.1 Å². The predicted octanol–water partition coefficient (Wildman–Crippen LogP) is 3.00. The lowest BCUT2D eigenvalue weighted by atomic mass is 10.1. The largest absolute Gasteiger partial charge is 0.450 e. The van der Waals surface area contributed by atoms with Gasteiger partial charge >= 0.3 is 5.97 Å². The number of hydrogen-bond acceptors (Lipinski definition) is 6. The van der Waals surface area contributed by atoms with E-state index >= 15 is 0 Å². The molecule has 1 saturated carbocycles. The number of halogens is 1. The fourth-order valence-corrected chi connectivity index (χ4v) is 6.26. The van der Waals surface area contributed by atoms with Crippen LogP contribution in [0.3, 0.4) is 0 Å². The molecule has 1 saturated heterocycles. The second-order valence-corrected chi connectivity index (χ2v) is 10.3. The number of fused-ring (bicyclic) bond motifs is 1. The molecule has 0 spiro atoms. The number of nitrogens with zero attached hydrogens (tertiary/aromatic N) is 1. The maximum absolute atomic E-state index is 13.9. The fourth-order valence-electron chi connectivity index (χ4n) is 4.55. The summed E-state index contributed by atoms with van der Waals surface area (Å²) in [5, 5.41) is 0.469. The molecule has 162 valence electrons. The molecule has 4 rings (SSSR count). The lowest BCUT2D eigenvalue weighted by Gasteiger charge is -2.33. The second kappa shape index (κ2) is 8.02. The number of para-hydroxylation sites is 1. The van der Waals surface area contributed by atoms with E-state index in [-0.39, 0.29) is 34.9 Å². The van der Waals surface area contributed by atoms with Crippen LogP contribution >= 0.6 is 0 Å². The lowest BCUT2D eigenvalue weighted by molar-refractivity contribution is -0.139. The van der Waals surface area contributed by atoms with E-state index in [0.29, 0.717) is 17.4 Å². The van der Waals surface area contributed by atoms with Crippen molar-refractivity contribution in [3.05, 3.63) is 35.3 Å². The van der Waals surface area contributed by atoms with Gasteiger partial charge in [0, 0.05) is 23.0 Å². The third-order valence-corrected chi connectivity index (χ3v) is 7.79. The van der Waals surface area contributed by atoms with Crippen molar-refractivity contribution < 1.29 is 31.6 Å². The molecule has 2 fully saturated rings. The summed E-state index contributed by atoms with van der Waals surface area (Å²) in [5.74, 6) is -1.96. The highest BCUT2D eigenvalue weighted by Crippen LogP contribution is 2.30. The lowest BCUT2D eigenvalue weighted by Crippen LogP contribution is -2.48. The summed E-state index contributed by atoms with van der Waals surface area (Å²) in [4.78, 5) is 27.1. The Bertz CT molecular complexity index is 1090. The molecule has 1 atom stereocenters. The molecule has 1 aliphatic carbocycles. The van der Waals surface area contributed by atoms with Crippen LogP contribution in [0.1, 0.15) is 48.2 Å². The van der Waals surface area contributed by atoms with Crippen LogP contribution in [0.2, 0.25) is 0 Å². The highest BCUT2D eigenvalue weighted by atomic mass is 32.2. The quantitative estimate of drug-likeness (QED) is 0.668. The number of furan rings is 1. The van der Waals surface area contributed by atoms with Gasteiger partial charge in [-0.05, 0) is 32.3 Å². The van der Waals surface area contributed by atoms with Gasteiger partial charge in [0.05, 0.1) is 11.5 Å². The minimum Gasteiger partial charge on any atom is -0.450 e. The number of aryl methyl sites for hydroxylation is 1. The SMILES string of the molecule is Cc1c(C(=O)OCC(=O)N(C2CCCC2)C2CCS(=O)(=O)C2)oc2c(F)cccc12. The maximum atomic E-state index is 13.9. The molecule has 7 nitrogen and oxygen atoms in total. The van der Waals surface area contributed by atoms with Crippen LogP contribution in [0.25, 0.3) is 11.0 Å².